The molecule has 2 aliphatic rings. The van der Waals surface area contributed by atoms with Crippen LogP contribution in [0.15, 0.2) is 18.3 Å². The van der Waals surface area contributed by atoms with Gasteiger partial charge in [-0.3, -0.25) is 9.69 Å². The number of nitrogens with zero attached hydrogens (tertiary/aromatic N) is 4. The van der Waals surface area contributed by atoms with Gasteiger partial charge in [0.15, 0.2) is 5.82 Å². The lowest BCUT2D eigenvalue weighted by Gasteiger charge is -2.30. The highest BCUT2D eigenvalue weighted by Gasteiger charge is 2.37. The number of carbonyl (C=O) groups is 1. The molecule has 1 aromatic heterocycles. The van der Waals surface area contributed by atoms with Crippen molar-refractivity contribution in [3.05, 3.63) is 18.3 Å². The first-order valence-electron chi connectivity index (χ1n) is 7.60. The quantitative estimate of drug-likeness (QED) is 0.774. The van der Waals surface area contributed by atoms with Gasteiger partial charge in [-0.05, 0) is 38.9 Å². The van der Waals surface area contributed by atoms with Gasteiger partial charge in [-0.25, -0.2) is 0 Å². The van der Waals surface area contributed by atoms with Gasteiger partial charge in [0.25, 0.3) is 0 Å². The number of hydrogen-bond donors (Lipinski definition) is 0. The van der Waals surface area contributed by atoms with Crippen molar-refractivity contribution < 1.29 is 9.53 Å². The van der Waals surface area contributed by atoms with Crippen LogP contribution in [0.5, 0.6) is 0 Å². The summed E-state index contributed by atoms with van der Waals surface area (Å²) in [7, 11) is 2.01. The highest BCUT2D eigenvalue weighted by Crippen LogP contribution is 2.26. The van der Waals surface area contributed by atoms with E-state index in [0.717, 1.165) is 38.2 Å². The van der Waals surface area contributed by atoms with Gasteiger partial charge in [0, 0.05) is 31.7 Å². The third-order valence-electron chi connectivity index (χ3n) is 4.41. The molecule has 3 atom stereocenters. The Morgan fingerprint density at radius 3 is 3.05 bits per heavy atom. The van der Waals surface area contributed by atoms with Gasteiger partial charge in [0.05, 0.1) is 0 Å². The summed E-state index contributed by atoms with van der Waals surface area (Å²) in [6.07, 6.45) is 4.78. The summed E-state index contributed by atoms with van der Waals surface area (Å²) in [5, 5.41) is 8.17. The van der Waals surface area contributed by atoms with Crippen LogP contribution in [0.2, 0.25) is 0 Å². The molecule has 6 nitrogen and oxygen atoms in total. The van der Waals surface area contributed by atoms with Crippen molar-refractivity contribution in [2.45, 2.75) is 44.4 Å². The molecule has 0 amide bonds. The summed E-state index contributed by atoms with van der Waals surface area (Å²) in [6.45, 7) is 3.80. The van der Waals surface area contributed by atoms with E-state index in [0.29, 0.717) is 6.04 Å². The van der Waals surface area contributed by atoms with Crippen LogP contribution in [0.3, 0.4) is 0 Å². The van der Waals surface area contributed by atoms with Gasteiger partial charge in [-0.1, -0.05) is 0 Å². The minimum atomic E-state index is -0.107. The van der Waals surface area contributed by atoms with Crippen LogP contribution in [-0.2, 0) is 9.53 Å². The van der Waals surface area contributed by atoms with Crippen LogP contribution in [0.25, 0.3) is 0 Å². The number of anilines is 1. The summed E-state index contributed by atoms with van der Waals surface area (Å²) >= 11 is 0. The van der Waals surface area contributed by atoms with Gasteiger partial charge in [0.1, 0.15) is 12.1 Å². The van der Waals surface area contributed by atoms with Gasteiger partial charge >= 0.3 is 5.97 Å². The third-order valence-corrected chi connectivity index (χ3v) is 4.41. The molecule has 0 unspecified atom stereocenters. The summed E-state index contributed by atoms with van der Waals surface area (Å²) in [5.41, 5.74) is 0. The Labute approximate surface area is 125 Å². The van der Waals surface area contributed by atoms with Crippen LogP contribution in [0.4, 0.5) is 5.82 Å². The van der Waals surface area contributed by atoms with E-state index in [4.69, 9.17) is 4.74 Å². The zero-order chi connectivity index (χ0) is 14.8. The fourth-order valence-electron chi connectivity index (χ4n) is 3.33. The third kappa shape index (κ3) is 3.00. The van der Waals surface area contributed by atoms with Crippen molar-refractivity contribution in [3.63, 3.8) is 0 Å². The van der Waals surface area contributed by atoms with Crippen molar-refractivity contribution in [2.24, 2.45) is 0 Å². The number of hydrogen-bond acceptors (Lipinski definition) is 6. The molecule has 21 heavy (non-hydrogen) atoms. The number of rotatable bonds is 4. The summed E-state index contributed by atoms with van der Waals surface area (Å²) in [5.74, 6) is 0.838. The van der Waals surface area contributed by atoms with Crippen LogP contribution in [-0.4, -0.2) is 59.4 Å². The van der Waals surface area contributed by atoms with E-state index in [1.807, 2.05) is 26.1 Å². The lowest BCUT2D eigenvalue weighted by Crippen LogP contribution is -2.44. The zero-order valence-corrected chi connectivity index (χ0v) is 12.6. The molecule has 1 aromatic rings. The molecule has 2 fully saturated rings. The Balaban J connectivity index is 1.65. The number of cyclic esters (lactones) is 1. The Morgan fingerprint density at radius 2 is 2.38 bits per heavy atom. The molecule has 0 spiro atoms. The van der Waals surface area contributed by atoms with E-state index in [1.165, 1.54) is 0 Å². The average molecular weight is 290 g/mol. The Kier molecular flexibility index (Phi) is 4.05. The molecule has 2 saturated heterocycles. The highest BCUT2D eigenvalue weighted by molar-refractivity contribution is 5.77. The maximum absolute atomic E-state index is 11.9. The van der Waals surface area contributed by atoms with Gasteiger partial charge in [-0.15, -0.1) is 5.10 Å². The van der Waals surface area contributed by atoms with E-state index in [2.05, 4.69) is 20.0 Å². The van der Waals surface area contributed by atoms with Crippen LogP contribution in [0.1, 0.15) is 26.2 Å². The highest BCUT2D eigenvalue weighted by atomic mass is 16.6. The topological polar surface area (TPSA) is 58.6 Å². The molecular formula is C15H22N4O2. The molecule has 0 radical (unpaired) electrons. The van der Waals surface area contributed by atoms with E-state index in [1.54, 1.807) is 6.20 Å². The SMILES string of the molecule is C[C@@H]1C[C@H](N(C)C[C@@H]2CCCN2c2cccnn2)C(=O)O1. The normalized spacial score (nSPS) is 29.2. The first-order valence-corrected chi connectivity index (χ1v) is 7.60. The minimum absolute atomic E-state index is 0.0321. The summed E-state index contributed by atoms with van der Waals surface area (Å²) < 4.78 is 5.25. The second-order valence-corrected chi connectivity index (χ2v) is 6.01. The van der Waals surface area contributed by atoms with Gasteiger partial charge < -0.3 is 9.64 Å². The van der Waals surface area contributed by atoms with Crippen LogP contribution < -0.4 is 4.90 Å². The van der Waals surface area contributed by atoms with Crippen LogP contribution >= 0.6 is 0 Å². The van der Waals surface area contributed by atoms with E-state index in [-0.39, 0.29) is 18.1 Å². The van der Waals surface area contributed by atoms with Crippen molar-refractivity contribution >= 4 is 11.8 Å². The van der Waals surface area contributed by atoms with E-state index in [9.17, 15) is 4.79 Å². The maximum atomic E-state index is 11.9. The fraction of sp³-hybridized carbons (Fsp3) is 0.667. The van der Waals surface area contributed by atoms with Gasteiger partial charge in [0.2, 0.25) is 0 Å². The Morgan fingerprint density at radius 1 is 1.52 bits per heavy atom. The molecule has 6 heteroatoms. The second-order valence-electron chi connectivity index (χ2n) is 6.01. The van der Waals surface area contributed by atoms with Crippen LogP contribution in [0, 0.1) is 0 Å². The predicted octanol–water partition coefficient (Wildman–Crippen LogP) is 1.08. The molecule has 0 bridgehead atoms. The van der Waals surface area contributed by atoms with E-state index < -0.39 is 0 Å². The molecule has 2 aliphatic heterocycles. The molecule has 3 rings (SSSR count). The Bertz CT molecular complexity index is 496. The average Bonchev–Trinajstić information content (AvgIpc) is 3.06. The number of likely N-dealkylation sites (N-methyl/N-ethyl adjacent to an activating group) is 1. The number of ether oxygens (including phenoxy) is 1. The number of esters is 1. The lowest BCUT2D eigenvalue weighted by molar-refractivity contribution is -0.144. The molecule has 0 saturated carbocycles. The fourth-order valence-corrected chi connectivity index (χ4v) is 3.33. The van der Waals surface area contributed by atoms with Gasteiger partial charge in [-0.2, -0.15) is 5.10 Å². The van der Waals surface area contributed by atoms with Crippen molar-refractivity contribution in [1.82, 2.24) is 15.1 Å². The smallest absolute Gasteiger partial charge is 0.323 e. The minimum Gasteiger partial charge on any atom is -0.461 e. The largest absolute Gasteiger partial charge is 0.461 e. The van der Waals surface area contributed by atoms with E-state index >= 15 is 0 Å². The van der Waals surface area contributed by atoms with Crippen molar-refractivity contribution in [2.75, 3.05) is 25.0 Å². The zero-order valence-electron chi connectivity index (χ0n) is 12.6. The lowest BCUT2D eigenvalue weighted by atomic mass is 10.1. The first kappa shape index (κ1) is 14.3. The molecule has 114 valence electrons. The van der Waals surface area contributed by atoms with Crippen molar-refractivity contribution in [3.8, 4) is 0 Å². The molecular weight excluding hydrogens is 268 g/mol. The monoisotopic (exact) mass is 290 g/mol. The molecule has 0 N–H and O–H groups in total. The predicted molar refractivity (Wildman–Crippen MR) is 79.0 cm³/mol. The summed E-state index contributed by atoms with van der Waals surface area (Å²) in [6, 6.07) is 4.19. The first-order chi connectivity index (χ1) is 10.1. The summed E-state index contributed by atoms with van der Waals surface area (Å²) in [4.78, 5) is 16.3. The second kappa shape index (κ2) is 5.97. The molecule has 0 aromatic carbocycles. The maximum Gasteiger partial charge on any atom is 0.323 e. The molecule has 0 aliphatic carbocycles. The Hall–Kier alpha value is -1.69. The van der Waals surface area contributed by atoms with Crippen molar-refractivity contribution in [1.29, 1.82) is 0 Å². The number of aromatic nitrogens is 2. The number of carbonyl (C=O) groups excluding carboxylic acids is 1. The molecule has 3 heterocycles. The standard InChI is InChI=1S/C15H22N4O2/c1-11-9-13(15(20)21-11)18(2)10-12-5-4-8-19(12)14-6-3-7-16-17-14/h3,6-7,11-13H,4-5,8-10H2,1-2H3/t11-,12+,13+/m1/s1.